The zero-order valence-corrected chi connectivity index (χ0v) is 15.2. The first-order chi connectivity index (χ1) is 10.6. The third kappa shape index (κ3) is 4.24. The minimum absolute atomic E-state index is 0.294. The van der Waals surface area contributed by atoms with Gasteiger partial charge in [-0.3, -0.25) is 0 Å². The molecule has 1 fully saturated rings. The van der Waals surface area contributed by atoms with Crippen LogP contribution in [0.5, 0.6) is 0 Å². The van der Waals surface area contributed by atoms with Gasteiger partial charge in [0.05, 0.1) is 6.10 Å². The van der Waals surface area contributed by atoms with Crippen LogP contribution in [-0.4, -0.2) is 82.3 Å². The van der Waals surface area contributed by atoms with Crippen molar-refractivity contribution in [2.45, 2.75) is 30.8 Å². The van der Waals surface area contributed by atoms with E-state index in [0.29, 0.717) is 22.8 Å². The Morgan fingerprint density at radius 1 is 1.39 bits per heavy atom. The van der Waals surface area contributed by atoms with E-state index in [4.69, 9.17) is 17.0 Å². The highest BCUT2D eigenvalue weighted by atomic mass is 32.1. The average molecular weight is 360 g/mol. The van der Waals surface area contributed by atoms with E-state index in [1.165, 1.54) is 4.90 Å². The van der Waals surface area contributed by atoms with Crippen LogP contribution in [0.3, 0.4) is 0 Å². The molecule has 2 heterocycles. The normalized spacial score (nSPS) is 32.0. The average Bonchev–Trinajstić information content (AvgIpc) is 2.73. The molecule has 0 aromatic carbocycles. The Bertz CT molecular complexity index is 574. The lowest BCUT2D eigenvalue weighted by Gasteiger charge is -2.31. The summed E-state index contributed by atoms with van der Waals surface area (Å²) in [6, 6.07) is 0. The minimum atomic E-state index is -1.23. The number of hydrogen-bond donors (Lipinski definition) is 4. The fraction of sp³-hybridized carbons (Fsp3) is 0.600. The summed E-state index contributed by atoms with van der Waals surface area (Å²) in [5.41, 5.74) is 1.08. The second-order valence-electron chi connectivity index (χ2n) is 6.63. The smallest absolute Gasteiger partial charge is 0.179 e. The van der Waals surface area contributed by atoms with Crippen LogP contribution in [0.2, 0.25) is 0 Å². The molecule has 0 spiro atoms. The van der Waals surface area contributed by atoms with Crippen molar-refractivity contribution < 1.29 is 20.1 Å². The lowest BCUT2D eigenvalue weighted by atomic mass is 9.99. The Morgan fingerprint density at radius 2 is 2.04 bits per heavy atom. The van der Waals surface area contributed by atoms with Crippen molar-refractivity contribution in [2.24, 2.45) is 0 Å². The van der Waals surface area contributed by atoms with Crippen LogP contribution in [-0.2, 0) is 4.74 Å². The lowest BCUT2D eigenvalue weighted by Crippen LogP contribution is -2.44. The minimum Gasteiger partial charge on any atom is -0.388 e. The van der Waals surface area contributed by atoms with Crippen molar-refractivity contribution in [2.75, 3.05) is 26.2 Å². The standard InChI is InChI=1S/C15H25N2O4PS/c1-9-10(7-17(8-18)15(23)16-9)14-13(20)12(19)11(21-14)5-6-22(2,3)4/h7,11-14,18-20H,1-2,5-6,8H2,3-4H3,(H,16,23)/t11-,12-,13-,14+/m1/s1. The van der Waals surface area contributed by atoms with Crippen molar-refractivity contribution in [1.82, 2.24) is 10.2 Å². The highest BCUT2D eigenvalue weighted by Gasteiger charge is 2.45. The van der Waals surface area contributed by atoms with E-state index in [2.05, 4.69) is 31.5 Å². The summed E-state index contributed by atoms with van der Waals surface area (Å²) in [7, 11) is 0. The lowest BCUT2D eigenvalue weighted by molar-refractivity contribution is 0.0186. The van der Waals surface area contributed by atoms with Gasteiger partial charge in [-0.25, -0.2) is 0 Å². The monoisotopic (exact) mass is 360 g/mol. The van der Waals surface area contributed by atoms with Gasteiger partial charge >= 0.3 is 0 Å². The van der Waals surface area contributed by atoms with Gasteiger partial charge in [0.15, 0.2) is 5.11 Å². The van der Waals surface area contributed by atoms with Gasteiger partial charge in [-0.15, -0.1) is 13.2 Å². The van der Waals surface area contributed by atoms with Crippen LogP contribution < -0.4 is 5.32 Å². The molecule has 1 saturated heterocycles. The van der Waals surface area contributed by atoms with Gasteiger partial charge in [0, 0.05) is 17.5 Å². The molecule has 0 amide bonds. The molecule has 0 unspecified atom stereocenters. The summed E-state index contributed by atoms with van der Waals surface area (Å²) >= 11 is 5.08. The largest absolute Gasteiger partial charge is 0.388 e. The molecule has 23 heavy (non-hydrogen) atoms. The zero-order valence-electron chi connectivity index (χ0n) is 13.5. The van der Waals surface area contributed by atoms with Crippen LogP contribution in [0.25, 0.3) is 0 Å². The summed E-state index contributed by atoms with van der Waals surface area (Å²) in [4.78, 5) is 1.42. The number of ether oxygens (including phenoxy) is 1. The second kappa shape index (κ2) is 7.05. The van der Waals surface area contributed by atoms with Gasteiger partial charge < -0.3 is 30.3 Å². The van der Waals surface area contributed by atoms with Crippen molar-refractivity contribution in [1.29, 1.82) is 0 Å². The maximum Gasteiger partial charge on any atom is 0.179 e. The van der Waals surface area contributed by atoms with Crippen molar-refractivity contribution in [3.8, 4) is 0 Å². The Hall–Kier alpha value is -0.690. The fourth-order valence-corrected chi connectivity index (χ4v) is 3.84. The van der Waals surface area contributed by atoms with E-state index in [1.54, 1.807) is 6.20 Å². The summed E-state index contributed by atoms with van der Waals surface area (Å²) in [6.07, 6.45) is 4.11. The first kappa shape index (κ1) is 18.6. The number of nitrogens with zero attached hydrogens (tertiary/aromatic N) is 1. The summed E-state index contributed by atoms with van der Waals surface area (Å²) in [5, 5.41) is 33.1. The van der Waals surface area contributed by atoms with Crippen LogP contribution in [0.4, 0.5) is 0 Å². The Labute approximate surface area is 142 Å². The molecule has 0 radical (unpaired) electrons. The predicted molar refractivity (Wildman–Crippen MR) is 97.9 cm³/mol. The fourth-order valence-electron chi connectivity index (χ4n) is 2.65. The van der Waals surface area contributed by atoms with Crippen molar-refractivity contribution >= 4 is 30.5 Å². The number of aliphatic hydroxyl groups is 3. The molecule has 4 atom stereocenters. The molecule has 6 nitrogen and oxygen atoms in total. The summed E-state index contributed by atoms with van der Waals surface area (Å²) in [6.45, 7) is 6.60. The van der Waals surface area contributed by atoms with Gasteiger partial charge in [-0.2, -0.15) is 0 Å². The van der Waals surface area contributed by atoms with E-state index in [0.717, 1.165) is 6.16 Å². The maximum atomic E-state index is 10.3. The Kier molecular flexibility index (Phi) is 5.72. The van der Waals surface area contributed by atoms with Crippen molar-refractivity contribution in [3.05, 3.63) is 24.0 Å². The number of aliphatic hydroxyl groups excluding tert-OH is 3. The molecule has 0 aromatic heterocycles. The Morgan fingerprint density at radius 3 is 2.61 bits per heavy atom. The van der Waals surface area contributed by atoms with Crippen LogP contribution in [0.1, 0.15) is 6.42 Å². The predicted octanol–water partition coefficient (Wildman–Crippen LogP) is 0.112. The molecule has 2 aliphatic rings. The molecule has 130 valence electrons. The molecule has 2 aliphatic heterocycles. The van der Waals surface area contributed by atoms with E-state index in [9.17, 15) is 15.3 Å². The topological polar surface area (TPSA) is 85.2 Å². The van der Waals surface area contributed by atoms with E-state index < -0.39 is 31.3 Å². The number of thiocarbonyl (C=S) groups is 1. The number of hydrogen-bond acceptors (Lipinski definition) is 5. The Balaban J connectivity index is 2.15. The second-order valence-corrected chi connectivity index (χ2v) is 11.3. The molecular weight excluding hydrogens is 335 g/mol. The van der Waals surface area contributed by atoms with Crippen LogP contribution >= 0.6 is 19.1 Å². The van der Waals surface area contributed by atoms with Gasteiger partial charge in [0.1, 0.15) is 25.0 Å². The SMILES string of the molecule is C=C1NC(=S)N(CO)C=C1[C@@H]1O[C@H](CCP(=C)(C)C)[C@@H](O)[C@H]1O. The third-order valence-corrected chi connectivity index (χ3v) is 5.81. The zero-order chi connectivity index (χ0) is 17.4. The molecule has 4 N–H and O–H groups in total. The van der Waals surface area contributed by atoms with Gasteiger partial charge in [0.2, 0.25) is 0 Å². The molecule has 0 aromatic rings. The van der Waals surface area contributed by atoms with E-state index in [-0.39, 0.29) is 6.73 Å². The van der Waals surface area contributed by atoms with Gasteiger partial charge in [0.25, 0.3) is 0 Å². The quantitative estimate of drug-likeness (QED) is 0.409. The first-order valence-corrected chi connectivity index (χ1v) is 10.9. The molecule has 0 bridgehead atoms. The van der Waals surface area contributed by atoms with Gasteiger partial charge in [-0.05, 0) is 38.1 Å². The number of nitrogens with one attached hydrogen (secondary N) is 1. The number of rotatable bonds is 5. The molecule has 0 saturated carbocycles. The van der Waals surface area contributed by atoms with Crippen LogP contribution in [0.15, 0.2) is 24.0 Å². The first-order valence-electron chi connectivity index (χ1n) is 7.42. The third-order valence-electron chi connectivity index (χ3n) is 4.00. The van der Waals surface area contributed by atoms with E-state index in [1.807, 2.05) is 0 Å². The molecule has 2 rings (SSSR count). The highest BCUT2D eigenvalue weighted by Crippen LogP contribution is 2.39. The van der Waals surface area contributed by atoms with E-state index >= 15 is 0 Å². The molecular formula is C15H25N2O4PS. The van der Waals surface area contributed by atoms with Gasteiger partial charge in [-0.1, -0.05) is 6.58 Å². The highest BCUT2D eigenvalue weighted by molar-refractivity contribution is 7.80. The summed E-state index contributed by atoms with van der Waals surface area (Å²) in [5.74, 6) is 0. The van der Waals surface area contributed by atoms with Crippen molar-refractivity contribution in [3.63, 3.8) is 0 Å². The van der Waals surface area contributed by atoms with Crippen LogP contribution in [0, 0.1) is 0 Å². The molecule has 8 heteroatoms. The molecule has 0 aliphatic carbocycles. The maximum absolute atomic E-state index is 10.3. The summed E-state index contributed by atoms with van der Waals surface area (Å²) < 4.78 is 5.89.